The third-order valence-corrected chi connectivity index (χ3v) is 6.74. The number of thiophene rings is 1. The minimum absolute atomic E-state index is 0.571. The summed E-state index contributed by atoms with van der Waals surface area (Å²) in [5.41, 5.74) is 6.36. The fourth-order valence-electron chi connectivity index (χ4n) is 3.43. The zero-order valence-electron chi connectivity index (χ0n) is 19.3. The number of allylic oxidation sites excluding steroid dienone is 2. The molecule has 0 atom stereocenters. The molecule has 0 aliphatic carbocycles. The van der Waals surface area contributed by atoms with E-state index in [-0.39, 0.29) is 0 Å². The van der Waals surface area contributed by atoms with E-state index in [1.54, 1.807) is 23.1 Å². The zero-order chi connectivity index (χ0) is 22.8. The van der Waals surface area contributed by atoms with Gasteiger partial charge in [0.2, 0.25) is 0 Å². The number of rotatable bonds is 12. The van der Waals surface area contributed by atoms with Crippen molar-refractivity contribution in [3.63, 3.8) is 0 Å². The molecule has 2 nitrogen and oxygen atoms in total. The maximum absolute atomic E-state index is 6.00. The second-order valence-corrected chi connectivity index (χ2v) is 9.65. The zero-order valence-corrected chi connectivity index (χ0v) is 20.9. The minimum atomic E-state index is 0.571. The first kappa shape index (κ1) is 24.4. The summed E-state index contributed by atoms with van der Waals surface area (Å²) in [6.07, 6.45) is 1.89. The van der Waals surface area contributed by atoms with Crippen LogP contribution in [0.3, 0.4) is 0 Å². The van der Waals surface area contributed by atoms with Crippen LogP contribution in [0.5, 0.6) is 5.75 Å². The van der Waals surface area contributed by atoms with Gasteiger partial charge in [-0.15, -0.1) is 0 Å². The van der Waals surface area contributed by atoms with E-state index >= 15 is 0 Å². The molecule has 0 aliphatic rings. The molecule has 0 N–H and O–H groups in total. The van der Waals surface area contributed by atoms with Crippen LogP contribution in [0.1, 0.15) is 48.9 Å². The maximum atomic E-state index is 6.00. The fraction of sp³-hybridized carbons (Fsp3) is 0.286. The van der Waals surface area contributed by atoms with E-state index in [0.717, 1.165) is 31.0 Å². The summed E-state index contributed by atoms with van der Waals surface area (Å²) in [5.74, 6) is 2.06. The van der Waals surface area contributed by atoms with Crippen LogP contribution in [-0.4, -0.2) is 17.4 Å². The first-order valence-electron chi connectivity index (χ1n) is 11.1. The van der Waals surface area contributed by atoms with Crippen molar-refractivity contribution in [2.45, 2.75) is 39.8 Å². The van der Waals surface area contributed by atoms with Crippen LogP contribution in [0, 0.1) is 0 Å². The first-order chi connectivity index (χ1) is 15.6. The van der Waals surface area contributed by atoms with Crippen LogP contribution in [0.15, 0.2) is 83.4 Å². The molecule has 168 valence electrons. The molecule has 0 amide bonds. The highest BCUT2D eigenvalue weighted by molar-refractivity contribution is 8.02. The Hall–Kier alpha value is -2.27. The average molecular weight is 464 g/mol. The highest BCUT2D eigenvalue weighted by Crippen LogP contribution is 2.23. The van der Waals surface area contributed by atoms with Gasteiger partial charge >= 0.3 is 0 Å². The topological polar surface area (TPSA) is 12.5 Å². The van der Waals surface area contributed by atoms with E-state index in [4.69, 9.17) is 4.74 Å². The van der Waals surface area contributed by atoms with Crippen molar-refractivity contribution >= 4 is 28.7 Å². The van der Waals surface area contributed by atoms with Crippen molar-refractivity contribution in [2.75, 3.05) is 12.5 Å². The van der Waals surface area contributed by atoms with Crippen molar-refractivity contribution in [3.05, 3.63) is 106 Å². The normalized spacial score (nSPS) is 11.8. The van der Waals surface area contributed by atoms with Gasteiger partial charge in [0.25, 0.3) is 0 Å². The van der Waals surface area contributed by atoms with Gasteiger partial charge in [0, 0.05) is 13.1 Å². The maximum Gasteiger partial charge on any atom is 0.138 e. The highest BCUT2D eigenvalue weighted by Gasteiger charge is 2.07. The van der Waals surface area contributed by atoms with Gasteiger partial charge in [0.05, 0.1) is 0 Å². The largest absolute Gasteiger partial charge is 0.483 e. The van der Waals surface area contributed by atoms with Crippen molar-refractivity contribution in [1.29, 1.82) is 0 Å². The third-order valence-electron chi connectivity index (χ3n) is 5.38. The van der Waals surface area contributed by atoms with Crippen molar-refractivity contribution in [1.82, 2.24) is 4.90 Å². The Balaban J connectivity index is 1.53. The highest BCUT2D eigenvalue weighted by atomic mass is 32.2. The molecule has 0 saturated heterocycles. The van der Waals surface area contributed by atoms with Crippen LogP contribution in [-0.2, 0) is 13.1 Å². The first-order valence-corrected chi connectivity index (χ1v) is 13.1. The monoisotopic (exact) mass is 463 g/mol. The Morgan fingerprint density at radius 1 is 1.09 bits per heavy atom. The van der Waals surface area contributed by atoms with Gasteiger partial charge in [0.1, 0.15) is 11.7 Å². The van der Waals surface area contributed by atoms with Crippen LogP contribution >= 0.6 is 23.1 Å². The molecule has 0 unspecified atom stereocenters. The predicted molar refractivity (Wildman–Crippen MR) is 142 cm³/mol. The molecule has 0 aliphatic heterocycles. The van der Waals surface area contributed by atoms with Gasteiger partial charge in [-0.05, 0) is 74.7 Å². The van der Waals surface area contributed by atoms with Crippen LogP contribution in [0.2, 0.25) is 0 Å². The number of thioether (sulfide) groups is 1. The summed E-state index contributed by atoms with van der Waals surface area (Å²) in [7, 11) is 0. The molecule has 2 aromatic carbocycles. The molecule has 0 fully saturated rings. The number of hydrogen-bond donors (Lipinski definition) is 0. The van der Waals surface area contributed by atoms with Crippen LogP contribution in [0.25, 0.3) is 5.57 Å². The Kier molecular flexibility index (Phi) is 9.66. The number of hydrogen-bond acceptors (Lipinski definition) is 4. The molecule has 3 rings (SSSR count). The minimum Gasteiger partial charge on any atom is -0.483 e. The molecule has 0 spiro atoms. The Bertz CT molecular complexity index is 991. The predicted octanol–water partition coefficient (Wildman–Crippen LogP) is 8.19. The van der Waals surface area contributed by atoms with Crippen molar-refractivity contribution in [3.8, 4) is 5.75 Å². The van der Waals surface area contributed by atoms with E-state index in [2.05, 4.69) is 96.9 Å². The van der Waals surface area contributed by atoms with Crippen molar-refractivity contribution in [2.24, 2.45) is 0 Å². The summed E-state index contributed by atoms with van der Waals surface area (Å²) in [5, 5.41) is 6.33. The lowest BCUT2D eigenvalue weighted by Crippen LogP contribution is -2.22. The molecular formula is C28H33NOS2. The van der Waals surface area contributed by atoms with E-state index in [0.29, 0.717) is 11.9 Å². The summed E-state index contributed by atoms with van der Waals surface area (Å²) >= 11 is 3.34. The molecule has 0 saturated carbocycles. The third kappa shape index (κ3) is 7.40. The van der Waals surface area contributed by atoms with E-state index in [1.165, 1.54) is 22.3 Å². The molecule has 4 heteroatoms. The molecular weight excluding hydrogens is 430 g/mol. The molecule has 3 aromatic rings. The van der Waals surface area contributed by atoms with E-state index in [9.17, 15) is 0 Å². The molecule has 1 aromatic heterocycles. The summed E-state index contributed by atoms with van der Waals surface area (Å²) in [6, 6.07) is 19.6. The standard InChI is InChI=1S/C28H33NOS2/c1-5-25(27-14-15-31-20-27)19-32-21-30-28-9-7-8-24(16-28)18-29(6-2)17-23-10-12-26(13-11-23)22(3)4/h5,7-16,19-20,22H,1,6,17-18,21H2,2-4H3/b25-19+. The number of ether oxygens (including phenoxy) is 1. The number of nitrogens with zero attached hydrogens (tertiary/aromatic N) is 1. The fourth-order valence-corrected chi connectivity index (χ4v) is 4.78. The van der Waals surface area contributed by atoms with Gasteiger partial charge in [0.15, 0.2) is 0 Å². The van der Waals surface area contributed by atoms with Gasteiger partial charge < -0.3 is 4.74 Å². The SMILES string of the molecule is C=C/C(=C\SCOc1cccc(CN(CC)Cc2ccc(C(C)C)cc2)c1)c1ccsc1. The second kappa shape index (κ2) is 12.7. The Labute approximate surface area is 201 Å². The lowest BCUT2D eigenvalue weighted by atomic mass is 10.0. The van der Waals surface area contributed by atoms with Gasteiger partial charge in [-0.1, -0.05) is 81.6 Å². The van der Waals surface area contributed by atoms with Gasteiger partial charge in [-0.25, -0.2) is 0 Å². The molecule has 1 heterocycles. The Morgan fingerprint density at radius 3 is 2.53 bits per heavy atom. The molecule has 32 heavy (non-hydrogen) atoms. The van der Waals surface area contributed by atoms with E-state index < -0.39 is 0 Å². The molecule has 0 radical (unpaired) electrons. The van der Waals surface area contributed by atoms with Crippen LogP contribution < -0.4 is 4.74 Å². The van der Waals surface area contributed by atoms with Gasteiger partial charge in [-0.3, -0.25) is 4.90 Å². The van der Waals surface area contributed by atoms with Crippen LogP contribution in [0.4, 0.5) is 0 Å². The number of benzene rings is 2. The van der Waals surface area contributed by atoms with Crippen molar-refractivity contribution < 1.29 is 4.74 Å². The summed E-state index contributed by atoms with van der Waals surface area (Å²) < 4.78 is 6.00. The Morgan fingerprint density at radius 2 is 1.88 bits per heavy atom. The second-order valence-electron chi connectivity index (χ2n) is 8.07. The van der Waals surface area contributed by atoms with E-state index in [1.807, 2.05) is 12.1 Å². The quantitative estimate of drug-likeness (QED) is 0.153. The average Bonchev–Trinajstić information content (AvgIpc) is 3.34. The lowest BCUT2D eigenvalue weighted by molar-refractivity contribution is 0.271. The smallest absolute Gasteiger partial charge is 0.138 e. The summed E-state index contributed by atoms with van der Waals surface area (Å²) in [6.45, 7) is 13.5. The van der Waals surface area contributed by atoms with Gasteiger partial charge in [-0.2, -0.15) is 11.3 Å². The lowest BCUT2D eigenvalue weighted by Gasteiger charge is -2.21. The molecule has 0 bridgehead atoms. The summed E-state index contributed by atoms with van der Waals surface area (Å²) in [4.78, 5) is 2.46.